The zero-order valence-corrected chi connectivity index (χ0v) is 50.7. The van der Waals surface area contributed by atoms with Crippen molar-refractivity contribution in [2.45, 2.75) is 322 Å². The molecule has 6 nitrogen and oxygen atoms in total. The molecule has 0 spiro atoms. The third-order valence-corrected chi connectivity index (χ3v) is 14.1. The molecule has 0 saturated heterocycles. The second-order valence-electron chi connectivity index (χ2n) is 21.6. The summed E-state index contributed by atoms with van der Waals surface area (Å²) in [5.74, 6) is -0.898. The van der Waals surface area contributed by atoms with Crippen LogP contribution in [0.4, 0.5) is 0 Å². The van der Waals surface area contributed by atoms with Crippen molar-refractivity contribution < 1.29 is 28.6 Å². The fraction of sp³-hybridized carbons (Fsp3) is 0.732. The first-order valence-corrected chi connectivity index (χ1v) is 32.7. The summed E-state index contributed by atoms with van der Waals surface area (Å²) in [6, 6.07) is 0. The molecule has 1 atom stereocenters. The molecule has 0 aromatic heterocycles. The topological polar surface area (TPSA) is 78.9 Å². The summed E-state index contributed by atoms with van der Waals surface area (Å²) in [7, 11) is 0. The average Bonchev–Trinajstić information content (AvgIpc) is 3.43. The van der Waals surface area contributed by atoms with Gasteiger partial charge in [-0.2, -0.15) is 0 Å². The average molecular weight is 1070 g/mol. The summed E-state index contributed by atoms with van der Waals surface area (Å²) in [6.45, 7) is 6.34. The maximum atomic E-state index is 12.8. The Morgan fingerprint density at radius 3 is 0.792 bits per heavy atom. The standard InChI is InChI=1S/C71H122O6/c1-4-7-10-13-15-17-19-21-23-25-27-28-29-30-31-32-33-34-35-36-37-38-39-40-41-42-44-45-47-49-51-53-55-58-61-64-70(73)76-67-68(66-75-69(72)63-60-57-12-9-6-3)77-71(74)65-62-59-56-54-52-50-48-46-43-26-24-22-20-18-16-14-11-8-5-2/h7-8,10-11,15-18,21-24,27-28,43,46,68H,4-6,9,12-14,19-20,25-26,29-42,44-45,47-67H2,1-3H3/b10-7-,11-8-,17-15-,18-16-,23-21-,24-22-,28-27-,46-43-. The highest BCUT2D eigenvalue weighted by atomic mass is 16.6. The van der Waals surface area contributed by atoms with E-state index in [-0.39, 0.29) is 31.1 Å². The monoisotopic (exact) mass is 1070 g/mol. The molecule has 0 fully saturated rings. The van der Waals surface area contributed by atoms with Crippen molar-refractivity contribution in [1.29, 1.82) is 0 Å². The van der Waals surface area contributed by atoms with Gasteiger partial charge in [0, 0.05) is 19.3 Å². The quantitative estimate of drug-likeness (QED) is 0.0261. The van der Waals surface area contributed by atoms with E-state index < -0.39 is 6.10 Å². The molecule has 77 heavy (non-hydrogen) atoms. The van der Waals surface area contributed by atoms with Crippen molar-refractivity contribution in [2.24, 2.45) is 0 Å². The molecular formula is C71H122O6. The Kier molecular flexibility index (Phi) is 61.8. The molecule has 0 N–H and O–H groups in total. The maximum absolute atomic E-state index is 12.8. The smallest absolute Gasteiger partial charge is 0.306 e. The number of rotatable bonds is 59. The second kappa shape index (κ2) is 64.9. The summed E-state index contributed by atoms with van der Waals surface area (Å²) in [4.78, 5) is 37.9. The Bertz CT molecular complexity index is 1510. The minimum atomic E-state index is -0.780. The van der Waals surface area contributed by atoms with Crippen LogP contribution in [0.3, 0.4) is 0 Å². The highest BCUT2D eigenvalue weighted by Crippen LogP contribution is 2.17. The molecular weight excluding hydrogens is 949 g/mol. The van der Waals surface area contributed by atoms with E-state index in [1.54, 1.807) is 0 Å². The lowest BCUT2D eigenvalue weighted by molar-refractivity contribution is -0.167. The fourth-order valence-corrected chi connectivity index (χ4v) is 9.25. The van der Waals surface area contributed by atoms with E-state index in [2.05, 4.69) is 118 Å². The number of carbonyl (C=O) groups is 3. The van der Waals surface area contributed by atoms with Crippen molar-refractivity contribution >= 4 is 17.9 Å². The Hall–Kier alpha value is -3.67. The van der Waals surface area contributed by atoms with Crippen LogP contribution in [0, 0.1) is 0 Å². The molecule has 0 aromatic rings. The lowest BCUT2D eigenvalue weighted by atomic mass is 10.0. The minimum absolute atomic E-state index is 0.0799. The number of hydrogen-bond acceptors (Lipinski definition) is 6. The van der Waals surface area contributed by atoms with Gasteiger partial charge in [-0.25, -0.2) is 0 Å². The highest BCUT2D eigenvalue weighted by Gasteiger charge is 2.19. The number of ether oxygens (including phenoxy) is 3. The van der Waals surface area contributed by atoms with E-state index in [9.17, 15) is 14.4 Å². The molecule has 0 radical (unpaired) electrons. The van der Waals surface area contributed by atoms with Gasteiger partial charge in [0.25, 0.3) is 0 Å². The molecule has 442 valence electrons. The number of carbonyl (C=O) groups excluding carboxylic acids is 3. The Morgan fingerprint density at radius 1 is 0.273 bits per heavy atom. The van der Waals surface area contributed by atoms with Gasteiger partial charge < -0.3 is 14.2 Å². The summed E-state index contributed by atoms with van der Waals surface area (Å²) >= 11 is 0. The van der Waals surface area contributed by atoms with Gasteiger partial charge in [-0.05, 0) is 96.3 Å². The van der Waals surface area contributed by atoms with Crippen molar-refractivity contribution in [3.63, 3.8) is 0 Å². The van der Waals surface area contributed by atoms with Gasteiger partial charge in [0.05, 0.1) is 0 Å². The van der Waals surface area contributed by atoms with Crippen LogP contribution in [-0.2, 0) is 28.6 Å². The van der Waals surface area contributed by atoms with Gasteiger partial charge in [0.1, 0.15) is 13.2 Å². The third kappa shape index (κ3) is 63.0. The summed E-state index contributed by atoms with van der Waals surface area (Å²) in [5.41, 5.74) is 0. The van der Waals surface area contributed by atoms with Crippen LogP contribution in [-0.4, -0.2) is 37.2 Å². The van der Waals surface area contributed by atoms with Crippen LogP contribution < -0.4 is 0 Å². The van der Waals surface area contributed by atoms with E-state index in [1.165, 1.54) is 148 Å². The first-order chi connectivity index (χ1) is 38.0. The lowest BCUT2D eigenvalue weighted by Gasteiger charge is -2.18. The van der Waals surface area contributed by atoms with E-state index in [0.717, 1.165) is 128 Å². The number of esters is 3. The van der Waals surface area contributed by atoms with Gasteiger partial charge in [0.15, 0.2) is 6.10 Å². The largest absolute Gasteiger partial charge is 0.462 e. The third-order valence-electron chi connectivity index (χ3n) is 14.1. The van der Waals surface area contributed by atoms with Crippen LogP contribution in [0.25, 0.3) is 0 Å². The van der Waals surface area contributed by atoms with Crippen molar-refractivity contribution in [3.05, 3.63) is 97.2 Å². The van der Waals surface area contributed by atoms with Crippen LogP contribution in [0.2, 0.25) is 0 Å². The summed E-state index contributed by atoms with van der Waals surface area (Å²) in [5, 5.41) is 0. The van der Waals surface area contributed by atoms with Gasteiger partial charge in [0.2, 0.25) is 0 Å². The van der Waals surface area contributed by atoms with Crippen molar-refractivity contribution in [2.75, 3.05) is 13.2 Å². The lowest BCUT2D eigenvalue weighted by Crippen LogP contribution is -2.30. The van der Waals surface area contributed by atoms with E-state index in [1.807, 2.05) is 0 Å². The zero-order valence-electron chi connectivity index (χ0n) is 50.7. The van der Waals surface area contributed by atoms with Crippen LogP contribution in [0.1, 0.15) is 316 Å². The molecule has 0 aliphatic rings. The normalized spacial score (nSPS) is 12.7. The molecule has 6 heteroatoms. The molecule has 1 unspecified atom stereocenters. The Balaban J connectivity index is 3.93. The predicted molar refractivity (Wildman–Crippen MR) is 334 cm³/mol. The molecule has 0 bridgehead atoms. The first kappa shape index (κ1) is 73.3. The Morgan fingerprint density at radius 2 is 0.506 bits per heavy atom. The van der Waals surface area contributed by atoms with Crippen LogP contribution >= 0.6 is 0 Å². The molecule has 0 rings (SSSR count). The summed E-state index contributed by atoms with van der Waals surface area (Å²) < 4.78 is 16.8. The van der Waals surface area contributed by atoms with Crippen molar-refractivity contribution in [1.82, 2.24) is 0 Å². The molecule has 0 aromatic carbocycles. The first-order valence-electron chi connectivity index (χ1n) is 32.7. The van der Waals surface area contributed by atoms with E-state index in [0.29, 0.717) is 19.3 Å². The number of hydrogen-bond donors (Lipinski definition) is 0. The molecule has 0 aliphatic carbocycles. The van der Waals surface area contributed by atoms with Crippen LogP contribution in [0.5, 0.6) is 0 Å². The summed E-state index contributed by atoms with van der Waals surface area (Å²) in [6.07, 6.45) is 87.7. The van der Waals surface area contributed by atoms with E-state index >= 15 is 0 Å². The highest BCUT2D eigenvalue weighted by molar-refractivity contribution is 5.71. The van der Waals surface area contributed by atoms with Gasteiger partial charge in [-0.1, -0.05) is 298 Å². The van der Waals surface area contributed by atoms with Gasteiger partial charge in [-0.15, -0.1) is 0 Å². The number of unbranched alkanes of at least 4 members (excludes halogenated alkanes) is 32. The molecule has 0 amide bonds. The second-order valence-corrected chi connectivity index (χ2v) is 21.6. The number of allylic oxidation sites excluding steroid dienone is 16. The van der Waals surface area contributed by atoms with Crippen molar-refractivity contribution in [3.8, 4) is 0 Å². The fourth-order valence-electron chi connectivity index (χ4n) is 9.25. The predicted octanol–water partition coefficient (Wildman–Crippen LogP) is 22.4. The molecule has 0 aliphatic heterocycles. The van der Waals surface area contributed by atoms with E-state index in [4.69, 9.17) is 14.2 Å². The molecule has 0 heterocycles. The Labute approximate surface area is 477 Å². The van der Waals surface area contributed by atoms with Gasteiger partial charge in [-0.3, -0.25) is 14.4 Å². The maximum Gasteiger partial charge on any atom is 0.306 e. The van der Waals surface area contributed by atoms with Gasteiger partial charge >= 0.3 is 17.9 Å². The minimum Gasteiger partial charge on any atom is -0.462 e. The SMILES string of the molecule is CC/C=C\C/C=C\C/C=C\C/C=C\CCCCCCCCCCCCCCCCCCCCCCCCC(=O)OCC(COC(=O)CCCCCCC)OC(=O)CCCCCCCC/C=C\C/C=C\C/C=C\C/C=C\CC. The molecule has 0 saturated carbocycles. The zero-order chi connectivity index (χ0) is 55.7. The van der Waals surface area contributed by atoms with Crippen LogP contribution in [0.15, 0.2) is 97.2 Å².